The Labute approximate surface area is 136 Å². The number of carbonyl (C=O) groups is 1. The van der Waals surface area contributed by atoms with E-state index in [4.69, 9.17) is 0 Å². The van der Waals surface area contributed by atoms with Gasteiger partial charge in [-0.2, -0.15) is 0 Å². The zero-order chi connectivity index (χ0) is 17.8. The monoisotopic (exact) mass is 347 g/mol. The van der Waals surface area contributed by atoms with Crippen molar-refractivity contribution in [2.24, 2.45) is 5.92 Å². The molecular weight excluding hydrogens is 324 g/mol. The minimum absolute atomic E-state index is 0.0516. The van der Waals surface area contributed by atoms with Crippen molar-refractivity contribution >= 4 is 15.7 Å². The number of sulfone groups is 1. The van der Waals surface area contributed by atoms with Crippen molar-refractivity contribution in [3.63, 3.8) is 0 Å². The van der Waals surface area contributed by atoms with Crippen molar-refractivity contribution < 1.29 is 22.0 Å². The van der Waals surface area contributed by atoms with Gasteiger partial charge in [0.2, 0.25) is 5.91 Å². The van der Waals surface area contributed by atoms with Gasteiger partial charge in [-0.25, -0.2) is 17.2 Å². The average molecular weight is 347 g/mol. The van der Waals surface area contributed by atoms with Crippen LogP contribution in [0.25, 0.3) is 0 Å². The Morgan fingerprint density at radius 1 is 1.13 bits per heavy atom. The molecule has 0 fully saturated rings. The molecule has 7 heteroatoms. The third-order valence-electron chi connectivity index (χ3n) is 3.82. The Morgan fingerprint density at radius 3 is 2.13 bits per heavy atom. The molecule has 2 atom stereocenters. The summed E-state index contributed by atoms with van der Waals surface area (Å²) in [6.45, 7) is 6.67. The lowest BCUT2D eigenvalue weighted by Crippen LogP contribution is -2.40. The summed E-state index contributed by atoms with van der Waals surface area (Å²) >= 11 is 0. The number of nitrogens with one attached hydrogen (secondary N) is 1. The molecule has 4 nitrogen and oxygen atoms in total. The molecule has 23 heavy (non-hydrogen) atoms. The van der Waals surface area contributed by atoms with Crippen molar-refractivity contribution in [1.82, 2.24) is 5.32 Å². The molecule has 0 radical (unpaired) electrons. The first-order chi connectivity index (χ1) is 10.5. The lowest BCUT2D eigenvalue weighted by molar-refractivity contribution is -0.119. The van der Waals surface area contributed by atoms with E-state index < -0.39 is 44.4 Å². The summed E-state index contributed by atoms with van der Waals surface area (Å²) in [6, 6.07) is 2.96. The first-order valence-electron chi connectivity index (χ1n) is 7.48. The highest BCUT2D eigenvalue weighted by Gasteiger charge is 2.27. The Bertz CT molecular complexity index is 639. The third kappa shape index (κ3) is 5.57. The molecule has 0 heterocycles. The highest BCUT2D eigenvalue weighted by Crippen LogP contribution is 2.15. The Hall–Kier alpha value is -1.50. The molecule has 1 aromatic carbocycles. The first kappa shape index (κ1) is 19.5. The molecule has 0 saturated carbocycles. The molecule has 1 amide bonds. The van der Waals surface area contributed by atoms with Gasteiger partial charge in [-0.3, -0.25) is 4.79 Å². The average Bonchev–Trinajstić information content (AvgIpc) is 2.41. The molecule has 0 unspecified atom stereocenters. The fraction of sp³-hybridized carbons (Fsp3) is 0.562. The summed E-state index contributed by atoms with van der Waals surface area (Å²) in [6.07, 6.45) is -0.0516. The Balaban J connectivity index is 2.68. The minimum atomic E-state index is -3.55. The molecule has 0 aliphatic heterocycles. The van der Waals surface area contributed by atoms with Gasteiger partial charge in [-0.1, -0.05) is 19.9 Å². The SMILES string of the molecule is CC(C)[C@@H](C)S(=O)(=O)CC(=O)N[C@@H](C)Cc1c(F)cccc1F. The number of rotatable bonds is 7. The van der Waals surface area contributed by atoms with E-state index in [-0.39, 0.29) is 17.9 Å². The van der Waals surface area contributed by atoms with E-state index >= 15 is 0 Å². The van der Waals surface area contributed by atoms with Gasteiger partial charge in [-0.15, -0.1) is 0 Å². The number of carbonyl (C=O) groups excluding carboxylic acids is 1. The normalized spacial score (nSPS) is 14.6. The third-order valence-corrected chi connectivity index (χ3v) is 6.16. The van der Waals surface area contributed by atoms with Gasteiger partial charge in [-0.05, 0) is 38.3 Å². The van der Waals surface area contributed by atoms with Crippen molar-refractivity contribution in [3.05, 3.63) is 35.4 Å². The van der Waals surface area contributed by atoms with Gasteiger partial charge in [0.25, 0.3) is 0 Å². The molecule has 0 aromatic heterocycles. The van der Waals surface area contributed by atoms with Crippen molar-refractivity contribution in [2.75, 3.05) is 5.75 Å². The largest absolute Gasteiger partial charge is 0.352 e. The van der Waals surface area contributed by atoms with Crippen LogP contribution in [0.5, 0.6) is 0 Å². The second kappa shape index (κ2) is 7.86. The zero-order valence-electron chi connectivity index (χ0n) is 13.8. The van der Waals surface area contributed by atoms with Gasteiger partial charge >= 0.3 is 0 Å². The maximum Gasteiger partial charge on any atom is 0.235 e. The number of hydrogen-bond acceptors (Lipinski definition) is 3. The predicted molar refractivity (Wildman–Crippen MR) is 85.8 cm³/mol. The van der Waals surface area contributed by atoms with E-state index in [2.05, 4.69) is 5.32 Å². The van der Waals surface area contributed by atoms with Crippen LogP contribution in [0.1, 0.15) is 33.3 Å². The molecular formula is C16H23F2NO3S. The Morgan fingerprint density at radius 2 is 1.65 bits per heavy atom. The first-order valence-corrected chi connectivity index (χ1v) is 9.20. The summed E-state index contributed by atoms with van der Waals surface area (Å²) in [5, 5.41) is 1.85. The van der Waals surface area contributed by atoms with Crippen LogP contribution < -0.4 is 5.32 Å². The van der Waals surface area contributed by atoms with E-state index in [1.165, 1.54) is 6.07 Å². The minimum Gasteiger partial charge on any atom is -0.352 e. The van der Waals surface area contributed by atoms with Gasteiger partial charge < -0.3 is 5.32 Å². The number of hydrogen-bond donors (Lipinski definition) is 1. The van der Waals surface area contributed by atoms with Crippen molar-refractivity contribution in [1.29, 1.82) is 0 Å². The second-order valence-corrected chi connectivity index (χ2v) is 8.49. The van der Waals surface area contributed by atoms with Crippen LogP contribution in [0.3, 0.4) is 0 Å². The second-order valence-electron chi connectivity index (χ2n) is 6.13. The Kier molecular flexibility index (Phi) is 6.68. The lowest BCUT2D eigenvalue weighted by atomic mass is 10.1. The summed E-state index contributed by atoms with van der Waals surface area (Å²) in [4.78, 5) is 11.9. The molecule has 1 rings (SSSR count). The van der Waals surface area contributed by atoms with E-state index in [0.717, 1.165) is 12.1 Å². The highest BCUT2D eigenvalue weighted by atomic mass is 32.2. The molecule has 0 saturated heterocycles. The van der Waals surface area contributed by atoms with Gasteiger partial charge in [0, 0.05) is 11.6 Å². The molecule has 0 bridgehead atoms. The highest BCUT2D eigenvalue weighted by molar-refractivity contribution is 7.92. The maximum absolute atomic E-state index is 13.6. The fourth-order valence-electron chi connectivity index (χ4n) is 2.13. The molecule has 0 aliphatic rings. The van der Waals surface area contributed by atoms with E-state index in [0.29, 0.717) is 0 Å². The number of amides is 1. The summed E-state index contributed by atoms with van der Waals surface area (Å²) in [5.41, 5.74) is -0.126. The van der Waals surface area contributed by atoms with Crippen LogP contribution >= 0.6 is 0 Å². The zero-order valence-corrected chi connectivity index (χ0v) is 14.6. The van der Waals surface area contributed by atoms with Gasteiger partial charge in [0.15, 0.2) is 9.84 Å². The van der Waals surface area contributed by atoms with E-state index in [1.54, 1.807) is 27.7 Å². The van der Waals surface area contributed by atoms with Crippen LogP contribution in [-0.2, 0) is 21.1 Å². The lowest BCUT2D eigenvalue weighted by Gasteiger charge is -2.18. The maximum atomic E-state index is 13.6. The fourth-order valence-corrected chi connectivity index (χ4v) is 3.67. The van der Waals surface area contributed by atoms with Gasteiger partial charge in [0.1, 0.15) is 17.4 Å². The van der Waals surface area contributed by atoms with Crippen LogP contribution in [0.4, 0.5) is 8.78 Å². The predicted octanol–water partition coefficient (Wildman–Crippen LogP) is 2.47. The van der Waals surface area contributed by atoms with Crippen LogP contribution in [0.15, 0.2) is 18.2 Å². The van der Waals surface area contributed by atoms with Crippen LogP contribution in [-0.4, -0.2) is 31.4 Å². The molecule has 0 spiro atoms. The smallest absolute Gasteiger partial charge is 0.235 e. The number of benzene rings is 1. The molecule has 0 aliphatic carbocycles. The molecule has 130 valence electrons. The standard InChI is InChI=1S/C16H23F2NO3S/c1-10(2)12(4)23(21,22)9-16(20)19-11(3)8-13-14(17)6-5-7-15(13)18/h5-7,10-12H,8-9H2,1-4H3,(H,19,20)/t11-,12+/m0/s1. The molecule has 1 aromatic rings. The molecule has 1 N–H and O–H groups in total. The quantitative estimate of drug-likeness (QED) is 0.824. The van der Waals surface area contributed by atoms with Crippen LogP contribution in [0, 0.1) is 17.6 Å². The summed E-state index contributed by atoms with van der Waals surface area (Å²) in [5.74, 6) is -2.77. The van der Waals surface area contributed by atoms with E-state index in [1.807, 2.05) is 0 Å². The van der Waals surface area contributed by atoms with Crippen LogP contribution in [0.2, 0.25) is 0 Å². The summed E-state index contributed by atoms with van der Waals surface area (Å²) in [7, 11) is -3.55. The van der Waals surface area contributed by atoms with Gasteiger partial charge in [0.05, 0.1) is 5.25 Å². The summed E-state index contributed by atoms with van der Waals surface area (Å²) < 4.78 is 51.2. The van der Waals surface area contributed by atoms with Crippen molar-refractivity contribution in [2.45, 2.75) is 45.4 Å². The number of halogens is 2. The topological polar surface area (TPSA) is 63.2 Å². The van der Waals surface area contributed by atoms with E-state index in [9.17, 15) is 22.0 Å². The van der Waals surface area contributed by atoms with Crippen molar-refractivity contribution in [3.8, 4) is 0 Å².